The number of cyclic esters (lactones) is 1. The van der Waals surface area contributed by atoms with E-state index < -0.39 is 30.1 Å². The van der Waals surface area contributed by atoms with Crippen molar-refractivity contribution in [3.8, 4) is 0 Å². The average molecular weight is 645 g/mol. The number of benzene rings is 1. The third-order valence-electron chi connectivity index (χ3n) is 9.06. The van der Waals surface area contributed by atoms with E-state index >= 15 is 0 Å². The maximum Gasteiger partial charge on any atom is 0.410 e. The fourth-order valence-electron chi connectivity index (χ4n) is 6.12. The zero-order chi connectivity index (χ0) is 33.4. The monoisotopic (exact) mass is 644 g/mol. The number of halogens is 1. The lowest BCUT2D eigenvalue weighted by atomic mass is 9.91. The summed E-state index contributed by atoms with van der Waals surface area (Å²) in [6, 6.07) is 4.56. The topological polar surface area (TPSA) is 123 Å². The first-order chi connectivity index (χ1) is 21.9. The predicted molar refractivity (Wildman–Crippen MR) is 172 cm³/mol. The van der Waals surface area contributed by atoms with Crippen LogP contribution in [0.2, 0.25) is 0 Å². The van der Waals surface area contributed by atoms with Gasteiger partial charge in [-0.2, -0.15) is 0 Å². The SMILES string of the molecule is C/C(=C\c1cc(F)cc(N2CCN(CCO)C(=O)C2)c1)[C@H]1OC(=O)C[C@H](O)CC[C@H](C)[C@@H](OC(=O)N2CCN(C)CC2)/C=C/[C@@H]1C. The zero-order valence-electron chi connectivity index (χ0n) is 27.4. The standard InChI is InChI=1S/C34H49FN4O7/c1-23-5-7-29(41)21-32(43)46-33(24(2)6-8-30(23)45-34(44)38-11-9-36(4)10-12-38)25(3)17-26-18-27(35)20-28(19-26)39-14-13-37(15-16-40)31(42)22-39/h6,8,17-20,23-24,29-30,33,40-41H,5,7,9-16,21-22H2,1-4H3/b8-6+,25-17+/t23-,24-,29+,30-,33-/m0/s1. The number of carbonyl (C=O) groups is 3. The Hall–Kier alpha value is -3.48. The molecule has 0 bridgehead atoms. The van der Waals surface area contributed by atoms with E-state index in [1.807, 2.05) is 33.0 Å². The van der Waals surface area contributed by atoms with Gasteiger partial charge in [-0.05, 0) is 68.1 Å². The molecule has 2 fully saturated rings. The van der Waals surface area contributed by atoms with Gasteiger partial charge in [0, 0.05) is 57.4 Å². The Morgan fingerprint density at radius 3 is 2.50 bits per heavy atom. The van der Waals surface area contributed by atoms with E-state index in [9.17, 15) is 29.0 Å². The molecule has 0 aromatic heterocycles. The molecule has 3 aliphatic heterocycles. The van der Waals surface area contributed by atoms with Gasteiger partial charge in [-0.1, -0.05) is 26.0 Å². The molecule has 2 amide bonds. The molecule has 46 heavy (non-hydrogen) atoms. The van der Waals surface area contributed by atoms with Crippen molar-refractivity contribution in [2.45, 2.75) is 58.3 Å². The van der Waals surface area contributed by atoms with Crippen LogP contribution in [0.4, 0.5) is 14.9 Å². The summed E-state index contributed by atoms with van der Waals surface area (Å²) in [5, 5.41) is 19.8. The Bertz CT molecular complexity index is 1280. The summed E-state index contributed by atoms with van der Waals surface area (Å²) >= 11 is 0. The van der Waals surface area contributed by atoms with Crippen LogP contribution in [0.5, 0.6) is 0 Å². The number of carbonyl (C=O) groups excluding carboxylic acids is 3. The van der Waals surface area contributed by atoms with Crippen LogP contribution in [0.1, 0.15) is 45.6 Å². The maximum absolute atomic E-state index is 14.8. The molecule has 0 spiro atoms. The number of esters is 1. The number of amides is 2. The number of rotatable bonds is 6. The van der Waals surface area contributed by atoms with Gasteiger partial charge in [0.15, 0.2) is 0 Å². The van der Waals surface area contributed by atoms with Crippen LogP contribution in [0.15, 0.2) is 35.9 Å². The van der Waals surface area contributed by atoms with Crippen molar-refractivity contribution in [2.75, 3.05) is 70.9 Å². The van der Waals surface area contributed by atoms with E-state index in [4.69, 9.17) is 9.47 Å². The van der Waals surface area contributed by atoms with Gasteiger partial charge in [0.1, 0.15) is 18.0 Å². The minimum Gasteiger partial charge on any atom is -0.457 e. The van der Waals surface area contributed by atoms with Gasteiger partial charge in [0.2, 0.25) is 5.91 Å². The lowest BCUT2D eigenvalue weighted by molar-refractivity contribution is -0.151. The molecule has 2 saturated heterocycles. The van der Waals surface area contributed by atoms with Crippen molar-refractivity contribution in [3.63, 3.8) is 0 Å². The quantitative estimate of drug-likeness (QED) is 0.356. The summed E-state index contributed by atoms with van der Waals surface area (Å²) in [6.07, 6.45) is 3.70. The summed E-state index contributed by atoms with van der Waals surface area (Å²) in [5.41, 5.74) is 1.77. The Labute approximate surface area is 271 Å². The molecule has 0 aliphatic carbocycles. The second kappa shape index (κ2) is 16.4. The Morgan fingerprint density at radius 2 is 1.80 bits per heavy atom. The van der Waals surface area contributed by atoms with Crippen molar-refractivity contribution in [1.82, 2.24) is 14.7 Å². The molecule has 1 aromatic rings. The summed E-state index contributed by atoms with van der Waals surface area (Å²) in [7, 11) is 2.02. The number of nitrogens with zero attached hydrogens (tertiary/aromatic N) is 4. The van der Waals surface area contributed by atoms with E-state index in [1.54, 1.807) is 33.8 Å². The molecule has 4 rings (SSSR count). The predicted octanol–water partition coefficient (Wildman–Crippen LogP) is 2.91. The molecule has 0 unspecified atom stereocenters. The average Bonchev–Trinajstić information content (AvgIpc) is 3.01. The molecule has 12 heteroatoms. The Balaban J connectivity index is 1.55. The largest absolute Gasteiger partial charge is 0.457 e. The first-order valence-corrected chi connectivity index (χ1v) is 16.3. The minimum atomic E-state index is -0.904. The fourth-order valence-corrected chi connectivity index (χ4v) is 6.12. The third-order valence-corrected chi connectivity index (χ3v) is 9.06. The number of piperazine rings is 2. The molecule has 2 N–H and O–H groups in total. The lowest BCUT2D eigenvalue weighted by Gasteiger charge is -2.35. The zero-order valence-corrected chi connectivity index (χ0v) is 27.4. The van der Waals surface area contributed by atoms with E-state index in [-0.39, 0.29) is 50.0 Å². The summed E-state index contributed by atoms with van der Waals surface area (Å²) in [4.78, 5) is 45.7. The summed E-state index contributed by atoms with van der Waals surface area (Å²) in [6.45, 7) is 9.58. The second-order valence-corrected chi connectivity index (χ2v) is 12.9. The Morgan fingerprint density at radius 1 is 1.07 bits per heavy atom. The van der Waals surface area contributed by atoms with Gasteiger partial charge in [-0.3, -0.25) is 9.59 Å². The lowest BCUT2D eigenvalue weighted by Crippen LogP contribution is -2.51. The van der Waals surface area contributed by atoms with Crippen LogP contribution in [-0.4, -0.2) is 127 Å². The minimum absolute atomic E-state index is 0.0783. The number of hydrogen-bond donors (Lipinski definition) is 2. The van der Waals surface area contributed by atoms with Crippen LogP contribution in [-0.2, 0) is 19.1 Å². The Kier molecular flexibility index (Phi) is 12.6. The number of ether oxygens (including phenoxy) is 2. The highest BCUT2D eigenvalue weighted by atomic mass is 19.1. The number of aliphatic hydroxyl groups excluding tert-OH is 2. The van der Waals surface area contributed by atoms with Gasteiger partial charge in [0.25, 0.3) is 0 Å². The van der Waals surface area contributed by atoms with Crippen LogP contribution in [0, 0.1) is 17.7 Å². The van der Waals surface area contributed by atoms with Crippen molar-refractivity contribution in [1.29, 1.82) is 0 Å². The third kappa shape index (κ3) is 9.76. The molecular formula is C34H49FN4O7. The smallest absolute Gasteiger partial charge is 0.410 e. The maximum atomic E-state index is 14.8. The number of aliphatic hydroxyl groups is 2. The first kappa shape index (κ1) is 35.4. The molecule has 1 aromatic carbocycles. The molecule has 0 saturated carbocycles. The van der Waals surface area contributed by atoms with Crippen molar-refractivity contribution < 1.29 is 38.5 Å². The fraction of sp³-hybridized carbons (Fsp3) is 0.618. The van der Waals surface area contributed by atoms with Crippen molar-refractivity contribution in [2.24, 2.45) is 11.8 Å². The van der Waals surface area contributed by atoms with Gasteiger partial charge < -0.3 is 39.3 Å². The number of hydrogen-bond acceptors (Lipinski definition) is 9. The molecular weight excluding hydrogens is 595 g/mol. The van der Waals surface area contributed by atoms with Crippen molar-refractivity contribution in [3.05, 3.63) is 47.3 Å². The molecule has 5 atom stereocenters. The molecule has 0 radical (unpaired) electrons. The van der Waals surface area contributed by atoms with Crippen molar-refractivity contribution >= 4 is 29.7 Å². The van der Waals surface area contributed by atoms with E-state index in [0.29, 0.717) is 55.8 Å². The van der Waals surface area contributed by atoms with E-state index in [1.165, 1.54) is 12.1 Å². The highest BCUT2D eigenvalue weighted by Gasteiger charge is 2.29. The first-order valence-electron chi connectivity index (χ1n) is 16.3. The van der Waals surface area contributed by atoms with Gasteiger partial charge in [-0.25, -0.2) is 9.18 Å². The summed E-state index contributed by atoms with van der Waals surface area (Å²) in [5.74, 6) is -1.56. The van der Waals surface area contributed by atoms with Crippen LogP contribution in [0.25, 0.3) is 6.08 Å². The summed E-state index contributed by atoms with van der Waals surface area (Å²) < 4.78 is 26.7. The normalized spacial score (nSPS) is 28.3. The van der Waals surface area contributed by atoms with E-state index in [2.05, 4.69) is 4.90 Å². The molecule has 254 valence electrons. The molecule has 11 nitrogen and oxygen atoms in total. The van der Waals surface area contributed by atoms with Crippen LogP contribution >= 0.6 is 0 Å². The van der Waals surface area contributed by atoms with E-state index in [0.717, 1.165) is 13.1 Å². The molecule has 3 heterocycles. The number of β-amino-alcohol motifs (C(OH)–C–C–N with tert-alkyl or cyclic N) is 1. The van der Waals surface area contributed by atoms with Crippen LogP contribution in [0.3, 0.4) is 0 Å². The second-order valence-electron chi connectivity index (χ2n) is 12.9. The van der Waals surface area contributed by atoms with Gasteiger partial charge in [-0.15, -0.1) is 0 Å². The molecule has 3 aliphatic rings. The van der Waals surface area contributed by atoms with Crippen LogP contribution < -0.4 is 4.90 Å². The van der Waals surface area contributed by atoms with Gasteiger partial charge >= 0.3 is 12.1 Å². The number of anilines is 1. The highest BCUT2D eigenvalue weighted by Crippen LogP contribution is 2.28. The number of likely N-dealkylation sites (N-methyl/N-ethyl adjacent to an activating group) is 1. The highest BCUT2D eigenvalue weighted by molar-refractivity contribution is 5.83. The van der Waals surface area contributed by atoms with Gasteiger partial charge in [0.05, 0.1) is 25.7 Å².